The summed E-state index contributed by atoms with van der Waals surface area (Å²) in [6.45, 7) is 1.70. The van der Waals surface area contributed by atoms with Crippen molar-refractivity contribution >= 4 is 5.91 Å². The molecule has 0 bridgehead atoms. The number of aliphatic hydroxyl groups is 11. The van der Waals surface area contributed by atoms with E-state index in [4.69, 9.17) is 28.4 Å². The van der Waals surface area contributed by atoms with Crippen LogP contribution in [0.4, 0.5) is 0 Å². The molecule has 3 aliphatic rings. The van der Waals surface area contributed by atoms with E-state index in [9.17, 15) is 61.0 Å². The maximum absolute atomic E-state index is 13.2. The summed E-state index contributed by atoms with van der Waals surface area (Å²) in [6, 6.07) is -0.877. The molecule has 0 aliphatic carbocycles. The van der Waals surface area contributed by atoms with E-state index in [1.54, 1.807) is 0 Å². The lowest BCUT2D eigenvalue weighted by atomic mass is 9.96. The Morgan fingerprint density at radius 1 is 0.410 bits per heavy atom. The number of ether oxygens (including phenoxy) is 6. The number of carbonyl (C=O) groups excluding carboxylic acids is 1. The molecular formula is C59H113NO18. The fourth-order valence-corrected chi connectivity index (χ4v) is 11.0. The molecule has 17 atom stereocenters. The Bertz CT molecular complexity index is 1440. The summed E-state index contributed by atoms with van der Waals surface area (Å²) in [4.78, 5) is 13.2. The van der Waals surface area contributed by atoms with E-state index in [2.05, 4.69) is 19.2 Å². The van der Waals surface area contributed by atoms with Crippen LogP contribution >= 0.6 is 0 Å². The molecule has 3 aliphatic heterocycles. The van der Waals surface area contributed by atoms with Crippen molar-refractivity contribution in [2.75, 3.05) is 26.4 Å². The lowest BCUT2D eigenvalue weighted by molar-refractivity contribution is -0.379. The molecule has 1 amide bonds. The Labute approximate surface area is 468 Å². The Morgan fingerprint density at radius 2 is 0.731 bits per heavy atom. The second-order valence-electron chi connectivity index (χ2n) is 22.9. The topological polar surface area (TPSA) is 307 Å². The third kappa shape index (κ3) is 27.0. The fourth-order valence-electron chi connectivity index (χ4n) is 11.0. The van der Waals surface area contributed by atoms with Gasteiger partial charge in [-0.1, -0.05) is 219 Å². The van der Waals surface area contributed by atoms with Gasteiger partial charge in [-0.2, -0.15) is 0 Å². The number of unbranched alkanes of at least 4 members (excludes halogenated alkanes) is 31. The summed E-state index contributed by atoms with van der Waals surface area (Å²) in [5.74, 6) is -0.245. The second kappa shape index (κ2) is 43.4. The summed E-state index contributed by atoms with van der Waals surface area (Å²) < 4.78 is 34.1. The van der Waals surface area contributed by atoms with E-state index < -0.39 is 124 Å². The Balaban J connectivity index is 1.32. The van der Waals surface area contributed by atoms with E-state index >= 15 is 0 Å². The summed E-state index contributed by atoms with van der Waals surface area (Å²) in [7, 11) is 0. The molecule has 12 N–H and O–H groups in total. The minimum atomic E-state index is -1.97. The van der Waals surface area contributed by atoms with Crippen LogP contribution in [0.1, 0.15) is 239 Å². The minimum absolute atomic E-state index is 0.245. The second-order valence-corrected chi connectivity index (χ2v) is 22.9. The molecule has 0 aromatic heterocycles. The summed E-state index contributed by atoms with van der Waals surface area (Å²) in [6.07, 6.45) is 15.8. The first-order chi connectivity index (χ1) is 37.8. The van der Waals surface area contributed by atoms with Gasteiger partial charge in [-0.15, -0.1) is 0 Å². The molecule has 0 aromatic rings. The molecule has 3 heterocycles. The molecule has 19 heteroatoms. The molecular weight excluding hydrogens is 1010 g/mol. The predicted molar refractivity (Wildman–Crippen MR) is 296 cm³/mol. The van der Waals surface area contributed by atoms with E-state index in [0.717, 1.165) is 51.4 Å². The van der Waals surface area contributed by atoms with Crippen LogP contribution in [0.5, 0.6) is 0 Å². The molecule has 0 aromatic carbocycles. The quantitative estimate of drug-likeness (QED) is 0.0312. The van der Waals surface area contributed by atoms with Crippen molar-refractivity contribution in [2.24, 2.45) is 0 Å². The monoisotopic (exact) mass is 1120 g/mol. The molecule has 0 saturated carbocycles. The van der Waals surface area contributed by atoms with Crippen molar-refractivity contribution in [1.82, 2.24) is 5.32 Å². The summed E-state index contributed by atoms with van der Waals surface area (Å²) >= 11 is 0. The highest BCUT2D eigenvalue weighted by Gasteiger charge is 2.53. The fraction of sp³-hybridized carbons (Fsp3) is 0.983. The number of amides is 1. The maximum atomic E-state index is 13.2. The van der Waals surface area contributed by atoms with Gasteiger partial charge >= 0.3 is 0 Å². The highest BCUT2D eigenvalue weighted by molar-refractivity contribution is 5.76. The average Bonchev–Trinajstić information content (AvgIpc) is 3.44. The highest BCUT2D eigenvalue weighted by Crippen LogP contribution is 2.33. The van der Waals surface area contributed by atoms with Gasteiger partial charge in [-0.05, 0) is 12.8 Å². The van der Waals surface area contributed by atoms with E-state index in [0.29, 0.717) is 12.8 Å². The molecule has 19 nitrogen and oxygen atoms in total. The van der Waals surface area contributed by atoms with Gasteiger partial charge in [0.25, 0.3) is 0 Å². The molecule has 462 valence electrons. The first-order valence-corrected chi connectivity index (χ1v) is 31.3. The van der Waals surface area contributed by atoms with Gasteiger partial charge in [-0.3, -0.25) is 4.79 Å². The average molecular weight is 1120 g/mol. The molecule has 78 heavy (non-hydrogen) atoms. The van der Waals surface area contributed by atoms with Crippen molar-refractivity contribution in [3.05, 3.63) is 0 Å². The van der Waals surface area contributed by atoms with E-state index in [1.165, 1.54) is 154 Å². The van der Waals surface area contributed by atoms with Crippen LogP contribution in [-0.2, 0) is 33.2 Å². The van der Waals surface area contributed by atoms with Crippen LogP contribution < -0.4 is 5.32 Å². The molecule has 3 rings (SSSR count). The Hall–Kier alpha value is -1.21. The normalized spacial score (nSPS) is 30.4. The molecule has 17 unspecified atom stereocenters. The zero-order valence-electron chi connectivity index (χ0n) is 48.2. The van der Waals surface area contributed by atoms with Gasteiger partial charge in [0.2, 0.25) is 5.91 Å². The van der Waals surface area contributed by atoms with Gasteiger partial charge in [0.15, 0.2) is 18.9 Å². The summed E-state index contributed by atoms with van der Waals surface area (Å²) in [5, 5.41) is 120. The lowest BCUT2D eigenvalue weighted by Crippen LogP contribution is -2.66. The standard InChI is InChI=1S/C59H113NO18/c1-3-5-7-9-10-11-12-13-14-15-16-17-18-19-20-21-22-23-24-25-26-27-28-29-30-31-33-35-37-47(65)60-42(43(64)36-34-32-8-6-4-2)41-73-57-53(71)50(68)55(45(39-62)75-57)78-59-54(72)51(69)56(46(40-63)76-59)77-58-52(70)49(67)48(66)44(38-61)74-58/h42-46,48-59,61-64,66-72H,3-41H2,1-2H3,(H,60,65). The third-order valence-corrected chi connectivity index (χ3v) is 16.2. The lowest BCUT2D eigenvalue weighted by Gasteiger charge is -2.48. The van der Waals surface area contributed by atoms with Crippen LogP contribution in [0.3, 0.4) is 0 Å². The number of nitrogens with one attached hydrogen (secondary N) is 1. The molecule has 3 fully saturated rings. The molecule has 3 saturated heterocycles. The molecule has 0 radical (unpaired) electrons. The first kappa shape index (κ1) is 71.1. The number of carbonyl (C=O) groups is 1. The SMILES string of the molecule is CCCCCCCCCCCCCCCCCCCCCCCCCCCCCCC(=O)NC(COC1OC(CO)C(OC2OC(CO)C(OC3OC(CO)C(O)C(O)C3O)C(O)C2O)C(O)C1O)C(O)CCCCCCC. The van der Waals surface area contributed by atoms with E-state index in [-0.39, 0.29) is 18.9 Å². The van der Waals surface area contributed by atoms with Gasteiger partial charge in [-0.25, -0.2) is 0 Å². The maximum Gasteiger partial charge on any atom is 0.220 e. The zero-order valence-corrected chi connectivity index (χ0v) is 48.2. The van der Waals surface area contributed by atoms with Crippen molar-refractivity contribution in [1.29, 1.82) is 0 Å². The van der Waals surface area contributed by atoms with Gasteiger partial charge in [0.1, 0.15) is 73.2 Å². The number of rotatable bonds is 47. The van der Waals surface area contributed by atoms with Crippen LogP contribution in [0, 0.1) is 0 Å². The Morgan fingerprint density at radius 3 is 1.12 bits per heavy atom. The Kier molecular flexibility index (Phi) is 39.6. The van der Waals surface area contributed by atoms with Crippen molar-refractivity contribution in [3.63, 3.8) is 0 Å². The van der Waals surface area contributed by atoms with Crippen molar-refractivity contribution in [3.8, 4) is 0 Å². The zero-order chi connectivity index (χ0) is 56.9. The smallest absolute Gasteiger partial charge is 0.220 e. The van der Waals surface area contributed by atoms with Crippen LogP contribution in [0.25, 0.3) is 0 Å². The largest absolute Gasteiger partial charge is 0.394 e. The molecule has 0 spiro atoms. The minimum Gasteiger partial charge on any atom is -0.394 e. The van der Waals surface area contributed by atoms with Gasteiger partial charge in [0, 0.05) is 6.42 Å². The van der Waals surface area contributed by atoms with Crippen molar-refractivity contribution < 1.29 is 89.4 Å². The van der Waals surface area contributed by atoms with E-state index in [1.807, 2.05) is 0 Å². The number of hydrogen-bond donors (Lipinski definition) is 12. The van der Waals surface area contributed by atoms with Gasteiger partial charge in [0.05, 0.1) is 38.6 Å². The van der Waals surface area contributed by atoms with Crippen LogP contribution in [0.15, 0.2) is 0 Å². The van der Waals surface area contributed by atoms with Crippen LogP contribution in [-0.4, -0.2) is 193 Å². The number of hydrogen-bond acceptors (Lipinski definition) is 18. The predicted octanol–water partition coefficient (Wildman–Crippen LogP) is 5.99. The summed E-state index contributed by atoms with van der Waals surface area (Å²) in [5.41, 5.74) is 0. The first-order valence-electron chi connectivity index (χ1n) is 31.3. The van der Waals surface area contributed by atoms with Gasteiger partial charge < -0.3 is 89.9 Å². The third-order valence-electron chi connectivity index (χ3n) is 16.2. The number of aliphatic hydroxyl groups excluding tert-OH is 11. The van der Waals surface area contributed by atoms with Crippen molar-refractivity contribution in [2.45, 2.75) is 343 Å². The van der Waals surface area contributed by atoms with Crippen LogP contribution in [0.2, 0.25) is 0 Å². The highest BCUT2D eigenvalue weighted by atomic mass is 16.8.